The van der Waals surface area contributed by atoms with Gasteiger partial charge in [-0.15, -0.1) is 0 Å². The van der Waals surface area contributed by atoms with E-state index in [4.69, 9.17) is 25.8 Å². The van der Waals surface area contributed by atoms with Gasteiger partial charge in [-0.25, -0.2) is 0 Å². The summed E-state index contributed by atoms with van der Waals surface area (Å²) in [6, 6.07) is 2.32. The molecular weight excluding hydrogens is 354 g/mol. The molecule has 5 nitrogen and oxygen atoms in total. The zero-order valence-corrected chi connectivity index (χ0v) is 16.1. The van der Waals surface area contributed by atoms with Gasteiger partial charge in [0.2, 0.25) is 0 Å². The Labute approximate surface area is 159 Å². The van der Waals surface area contributed by atoms with Gasteiger partial charge in [-0.2, -0.15) is 0 Å². The summed E-state index contributed by atoms with van der Waals surface area (Å²) in [7, 11) is 1.79. The van der Waals surface area contributed by atoms with Crippen LogP contribution in [0, 0.1) is 12.8 Å². The maximum Gasteiger partial charge on any atom is 0.180 e. The minimum Gasteiger partial charge on any atom is -0.484 e. The Kier molecular flexibility index (Phi) is 5.13. The molecule has 1 atom stereocenters. The van der Waals surface area contributed by atoms with Crippen LogP contribution in [0.1, 0.15) is 41.6 Å². The molecule has 6 heteroatoms. The molecule has 0 bridgehead atoms. The lowest BCUT2D eigenvalue weighted by Gasteiger charge is -2.46. The quantitative estimate of drug-likeness (QED) is 0.749. The number of hydrogen-bond donors (Lipinski definition) is 0. The van der Waals surface area contributed by atoms with Gasteiger partial charge < -0.3 is 14.2 Å². The van der Waals surface area contributed by atoms with E-state index in [1.807, 2.05) is 6.92 Å². The van der Waals surface area contributed by atoms with Crippen molar-refractivity contribution in [2.24, 2.45) is 5.92 Å². The lowest BCUT2D eigenvalue weighted by molar-refractivity contribution is -0.0649. The smallest absolute Gasteiger partial charge is 0.180 e. The van der Waals surface area contributed by atoms with Gasteiger partial charge in [-0.3, -0.25) is 9.69 Å². The molecule has 0 amide bonds. The molecule has 1 aromatic rings. The van der Waals surface area contributed by atoms with Crippen molar-refractivity contribution >= 4 is 17.9 Å². The van der Waals surface area contributed by atoms with Crippen LogP contribution in [0.4, 0.5) is 0 Å². The van der Waals surface area contributed by atoms with Gasteiger partial charge in [-0.1, -0.05) is 11.6 Å². The fourth-order valence-corrected chi connectivity index (χ4v) is 4.72. The van der Waals surface area contributed by atoms with Crippen LogP contribution in [-0.2, 0) is 4.74 Å². The van der Waals surface area contributed by atoms with Crippen LogP contribution in [0.2, 0.25) is 5.02 Å². The summed E-state index contributed by atoms with van der Waals surface area (Å²) in [4.78, 5) is 13.8. The van der Waals surface area contributed by atoms with Gasteiger partial charge in [0.25, 0.3) is 0 Å². The second-order valence-corrected chi connectivity index (χ2v) is 8.10. The van der Waals surface area contributed by atoms with E-state index in [1.165, 1.54) is 12.8 Å². The number of likely N-dealkylation sites (tertiary alicyclic amines) is 1. The first-order valence-electron chi connectivity index (χ1n) is 9.45. The van der Waals surface area contributed by atoms with Gasteiger partial charge in [0.05, 0.1) is 11.1 Å². The normalized spacial score (nSPS) is 29.3. The van der Waals surface area contributed by atoms with Crippen LogP contribution in [0.15, 0.2) is 6.07 Å². The molecule has 0 radical (unpaired) electrons. The minimum absolute atomic E-state index is 0.0308. The van der Waals surface area contributed by atoms with Crippen LogP contribution >= 0.6 is 11.6 Å². The Bertz CT molecular complexity index is 681. The molecule has 2 aliphatic heterocycles. The van der Waals surface area contributed by atoms with Gasteiger partial charge in [-0.05, 0) is 44.6 Å². The molecular formula is C20H26ClNO4. The zero-order chi connectivity index (χ0) is 18.3. The number of benzene rings is 1. The van der Waals surface area contributed by atoms with Crippen molar-refractivity contribution in [3.63, 3.8) is 0 Å². The second-order valence-electron chi connectivity index (χ2n) is 7.70. The maximum atomic E-state index is 11.3. The first-order chi connectivity index (χ1) is 12.6. The van der Waals surface area contributed by atoms with Crippen molar-refractivity contribution in [1.82, 2.24) is 4.90 Å². The highest BCUT2D eigenvalue weighted by Crippen LogP contribution is 2.44. The van der Waals surface area contributed by atoms with E-state index in [0.29, 0.717) is 46.8 Å². The van der Waals surface area contributed by atoms with Crippen LogP contribution in [-0.4, -0.2) is 56.2 Å². The summed E-state index contributed by atoms with van der Waals surface area (Å²) < 4.78 is 17.6. The molecule has 2 fully saturated rings. The highest BCUT2D eigenvalue weighted by Gasteiger charge is 2.38. The Hall–Kier alpha value is -1.30. The van der Waals surface area contributed by atoms with Gasteiger partial charge in [0, 0.05) is 37.4 Å². The van der Waals surface area contributed by atoms with Crippen molar-refractivity contribution in [2.75, 3.05) is 26.8 Å². The van der Waals surface area contributed by atoms with Gasteiger partial charge in [0.1, 0.15) is 12.7 Å². The monoisotopic (exact) mass is 379 g/mol. The average molecular weight is 380 g/mol. The largest absolute Gasteiger partial charge is 0.484 e. The number of rotatable bonds is 4. The molecule has 1 aromatic carbocycles. The van der Waals surface area contributed by atoms with Crippen LogP contribution in [0.25, 0.3) is 0 Å². The lowest BCUT2D eigenvalue weighted by atomic mass is 9.81. The molecule has 142 valence electrons. The van der Waals surface area contributed by atoms with E-state index in [2.05, 4.69) is 4.90 Å². The zero-order valence-electron chi connectivity index (χ0n) is 15.4. The second kappa shape index (κ2) is 7.37. The molecule has 0 unspecified atom stereocenters. The highest BCUT2D eigenvalue weighted by molar-refractivity contribution is 6.32. The molecule has 1 aliphatic carbocycles. The maximum absolute atomic E-state index is 11.3. The van der Waals surface area contributed by atoms with E-state index in [0.717, 1.165) is 37.8 Å². The molecule has 0 N–H and O–H groups in total. The van der Waals surface area contributed by atoms with Crippen molar-refractivity contribution in [2.45, 2.75) is 50.9 Å². The number of hydrogen-bond acceptors (Lipinski definition) is 5. The van der Waals surface area contributed by atoms with E-state index in [-0.39, 0.29) is 6.10 Å². The minimum atomic E-state index is 0.0308. The predicted molar refractivity (Wildman–Crippen MR) is 99.6 cm³/mol. The lowest BCUT2D eigenvalue weighted by Crippen LogP contribution is -2.57. The number of carbonyl (C=O) groups excluding carboxylic acids is 1. The number of halogens is 1. The first-order valence-corrected chi connectivity index (χ1v) is 9.83. The Morgan fingerprint density at radius 2 is 1.96 bits per heavy atom. The number of methoxy groups -OCH3 is 1. The standard InChI is InChI=1S/C20H26ClNO4/c1-12-14(10-23)7-17(21)20-19(12)26-18(11-25-20)13-3-5-15(6-4-13)22-8-16(9-22)24-2/h7,10,13,15-16,18H,3-6,8-9,11H2,1-2H3/t13?,15?,18-/m0/s1. The first kappa shape index (κ1) is 18.1. The third-order valence-electron chi connectivity index (χ3n) is 6.26. The predicted octanol–water partition coefficient (Wildman–Crippen LogP) is 3.49. The molecule has 3 aliphatic rings. The third-order valence-corrected chi connectivity index (χ3v) is 6.54. The highest BCUT2D eigenvalue weighted by atomic mass is 35.5. The molecule has 1 saturated carbocycles. The molecule has 4 rings (SSSR count). The van der Waals surface area contributed by atoms with Crippen molar-refractivity contribution in [1.29, 1.82) is 0 Å². The molecule has 0 spiro atoms. The fraction of sp³-hybridized carbons (Fsp3) is 0.650. The van der Waals surface area contributed by atoms with Crippen LogP contribution in [0.5, 0.6) is 11.5 Å². The third kappa shape index (κ3) is 3.21. The molecule has 1 saturated heterocycles. The van der Waals surface area contributed by atoms with Gasteiger partial charge >= 0.3 is 0 Å². The van der Waals surface area contributed by atoms with E-state index in [9.17, 15) is 4.79 Å². The topological polar surface area (TPSA) is 48.0 Å². The number of carbonyl (C=O) groups is 1. The summed E-state index contributed by atoms with van der Waals surface area (Å²) in [6.07, 6.45) is 5.94. The van der Waals surface area contributed by atoms with Crippen molar-refractivity contribution in [3.8, 4) is 11.5 Å². The van der Waals surface area contributed by atoms with Crippen molar-refractivity contribution in [3.05, 3.63) is 22.2 Å². The fourth-order valence-electron chi connectivity index (χ4n) is 4.46. The Morgan fingerprint density at radius 1 is 1.23 bits per heavy atom. The molecule has 2 heterocycles. The summed E-state index contributed by atoms with van der Waals surface area (Å²) in [5, 5.41) is 0.445. The summed E-state index contributed by atoms with van der Waals surface area (Å²) >= 11 is 6.25. The Morgan fingerprint density at radius 3 is 2.62 bits per heavy atom. The summed E-state index contributed by atoms with van der Waals surface area (Å²) in [6.45, 7) is 4.54. The Balaban J connectivity index is 1.39. The number of aldehydes is 1. The number of ether oxygens (including phenoxy) is 3. The van der Waals surface area contributed by atoms with E-state index in [1.54, 1.807) is 13.2 Å². The summed E-state index contributed by atoms with van der Waals surface area (Å²) in [5.74, 6) is 1.70. The van der Waals surface area contributed by atoms with Crippen LogP contribution in [0.3, 0.4) is 0 Å². The van der Waals surface area contributed by atoms with Gasteiger partial charge in [0.15, 0.2) is 17.8 Å². The van der Waals surface area contributed by atoms with E-state index < -0.39 is 0 Å². The molecule has 0 aromatic heterocycles. The molecule has 26 heavy (non-hydrogen) atoms. The van der Waals surface area contributed by atoms with E-state index >= 15 is 0 Å². The number of fused-ring (bicyclic) bond motifs is 1. The van der Waals surface area contributed by atoms with Crippen LogP contribution < -0.4 is 9.47 Å². The number of nitrogens with zero attached hydrogens (tertiary/aromatic N) is 1. The SMILES string of the molecule is COC1CN(C2CCC([C@@H]3COc4c(Cl)cc(C=O)c(C)c4O3)CC2)C1. The van der Waals surface area contributed by atoms with Crippen molar-refractivity contribution < 1.29 is 19.0 Å². The summed E-state index contributed by atoms with van der Waals surface area (Å²) in [5.41, 5.74) is 1.37. The average Bonchev–Trinajstić information content (AvgIpc) is 2.64.